The number of ketones is 1. The van der Waals surface area contributed by atoms with E-state index in [-0.39, 0.29) is 50.1 Å². The minimum Gasteiger partial charge on any atom is -0.504 e. The van der Waals surface area contributed by atoms with Gasteiger partial charge in [0, 0.05) is 35.1 Å². The first-order valence-corrected chi connectivity index (χ1v) is 29.5. The number of aliphatic hydroxyl groups excluding tert-OH is 1. The molecule has 2 heterocycles. The van der Waals surface area contributed by atoms with E-state index in [4.69, 9.17) is 0 Å². The number of rotatable bonds is 4. The van der Waals surface area contributed by atoms with Crippen molar-refractivity contribution in [3.63, 3.8) is 0 Å². The lowest BCUT2D eigenvalue weighted by Crippen LogP contribution is -2.65. The predicted octanol–water partition coefficient (Wildman–Crippen LogP) is 15.5. The third-order valence-corrected chi connectivity index (χ3v) is 25.9. The highest BCUT2D eigenvalue weighted by atomic mass is 16.3. The average Bonchev–Trinajstić information content (AvgIpc) is 4.06. The van der Waals surface area contributed by atoms with E-state index in [0.29, 0.717) is 33.0 Å². The van der Waals surface area contributed by atoms with Crippen LogP contribution in [0.2, 0.25) is 0 Å². The number of carbonyl (C=O) groups excluding carboxylic acids is 1. The molecule has 6 nitrogen and oxygen atoms in total. The van der Waals surface area contributed by atoms with Crippen molar-refractivity contribution < 1.29 is 20.1 Å². The van der Waals surface area contributed by atoms with Gasteiger partial charge in [-0.2, -0.15) is 0 Å². The van der Waals surface area contributed by atoms with E-state index in [9.17, 15) is 20.1 Å². The van der Waals surface area contributed by atoms with Gasteiger partial charge in [0.05, 0.1) is 0 Å². The van der Waals surface area contributed by atoms with E-state index >= 15 is 0 Å². The van der Waals surface area contributed by atoms with Crippen molar-refractivity contribution in [2.45, 2.75) is 204 Å². The largest absolute Gasteiger partial charge is 0.504 e. The summed E-state index contributed by atoms with van der Waals surface area (Å²) in [6.07, 6.45) is 34.8. The van der Waals surface area contributed by atoms with Gasteiger partial charge in [-0.3, -0.25) is 4.79 Å². The van der Waals surface area contributed by atoms with Crippen LogP contribution in [0, 0.1) is 73.4 Å². The van der Waals surface area contributed by atoms with Crippen molar-refractivity contribution in [3.05, 3.63) is 75.1 Å². The number of phenolic OH excluding ortho intramolecular Hbond substituents is 2. The average molecular weight is 982 g/mol. The fraction of sp³-hybridized carbons (Fsp3) is 0.742. The Hall–Kier alpha value is -3.09. The number of phenols is 2. The number of carbonyl (C=O) groups is 1. The van der Waals surface area contributed by atoms with E-state index in [1.165, 1.54) is 148 Å². The molecule has 6 saturated carbocycles. The lowest BCUT2D eigenvalue weighted by atomic mass is 9.33. The van der Waals surface area contributed by atoms with Crippen LogP contribution in [0.3, 0.4) is 0 Å². The molecule has 9 aliphatic carbocycles. The molecule has 13 atom stereocenters. The number of nitrogens with zero attached hydrogens (tertiary/aromatic N) is 2. The van der Waals surface area contributed by atoms with Gasteiger partial charge in [0.15, 0.2) is 17.3 Å². The quantitative estimate of drug-likeness (QED) is 0.261. The molecule has 0 amide bonds. The van der Waals surface area contributed by atoms with Crippen molar-refractivity contribution in [1.29, 1.82) is 0 Å². The Bertz CT molecular complexity index is 2590. The minimum absolute atomic E-state index is 0.00442. The number of fused-ring (bicyclic) bond motifs is 14. The molecular formula is C66H96N2O4. The number of allylic oxidation sites excluding steroid dienone is 8. The predicted molar refractivity (Wildman–Crippen MR) is 295 cm³/mol. The first-order chi connectivity index (χ1) is 33.7. The number of benzene rings is 1. The first kappa shape index (κ1) is 51.0. The monoisotopic (exact) mass is 981 g/mol. The zero-order chi connectivity index (χ0) is 51.5. The maximum atomic E-state index is 12.7. The molecule has 72 heavy (non-hydrogen) atoms. The van der Waals surface area contributed by atoms with Crippen LogP contribution in [-0.4, -0.2) is 70.2 Å². The van der Waals surface area contributed by atoms with Gasteiger partial charge >= 0.3 is 0 Å². The zero-order valence-electron chi connectivity index (χ0n) is 47.3. The van der Waals surface area contributed by atoms with Crippen LogP contribution < -0.4 is 0 Å². The summed E-state index contributed by atoms with van der Waals surface area (Å²) in [5.74, 6) is 1.73. The van der Waals surface area contributed by atoms with Gasteiger partial charge in [0.1, 0.15) is 0 Å². The molecule has 0 aromatic heterocycles. The number of aromatic hydroxyl groups is 2. The van der Waals surface area contributed by atoms with Crippen LogP contribution >= 0.6 is 0 Å². The Balaban J connectivity index is 0.000000156. The Morgan fingerprint density at radius 1 is 0.611 bits per heavy atom. The normalized spacial score (nSPS) is 46.4. The zero-order valence-corrected chi connectivity index (χ0v) is 47.3. The fourth-order valence-electron chi connectivity index (χ4n) is 20.7. The summed E-state index contributed by atoms with van der Waals surface area (Å²) in [6.45, 7) is 37.5. The molecule has 0 spiro atoms. The second-order valence-corrected chi connectivity index (χ2v) is 30.0. The molecule has 8 fully saturated rings. The molecule has 2 aliphatic heterocycles. The fourth-order valence-corrected chi connectivity index (χ4v) is 20.7. The number of hydrogen-bond donors (Lipinski definition) is 3. The van der Waals surface area contributed by atoms with Gasteiger partial charge in [0.2, 0.25) is 5.78 Å². The molecule has 2 saturated heterocycles. The number of hydrogen-bond acceptors (Lipinski definition) is 6. The summed E-state index contributed by atoms with van der Waals surface area (Å²) in [6, 6.07) is 1.89. The van der Waals surface area contributed by atoms with E-state index < -0.39 is 0 Å². The van der Waals surface area contributed by atoms with Crippen LogP contribution in [0.1, 0.15) is 208 Å². The van der Waals surface area contributed by atoms with Crippen molar-refractivity contribution in [1.82, 2.24) is 9.80 Å². The highest BCUT2D eigenvalue weighted by Crippen LogP contribution is 2.77. The second kappa shape index (κ2) is 16.7. The third-order valence-electron chi connectivity index (χ3n) is 25.9. The topological polar surface area (TPSA) is 84.2 Å². The lowest BCUT2D eigenvalue weighted by molar-refractivity contribution is -0.200. The highest BCUT2D eigenvalue weighted by molar-refractivity contribution is 6.06. The summed E-state index contributed by atoms with van der Waals surface area (Å²) in [7, 11) is 0. The standard InChI is InChI=1S/C33H49NO2.C33H47NO2/c2*1-22-23-9-10-26-31(4,24(23)19-25(35)28(22)36)14-16-33(6)27-20-29(2,21-34-17-7-8-18-34)11-12-30(27,3)13-15-32(26,33)5/h9-10,19,26-27,35-36H,7-8,11-18,20-21H2,1-6H3;9-10,19,27,36H,7-8,11-18,20-21H2,1-6H3/t26?,27-,29-,30-,31+,32-,33+;27-,29-,30-,31+,32-,33+/m11/s1. The van der Waals surface area contributed by atoms with Gasteiger partial charge in [-0.15, -0.1) is 0 Å². The van der Waals surface area contributed by atoms with Gasteiger partial charge in [-0.05, 0) is 251 Å². The summed E-state index contributed by atoms with van der Waals surface area (Å²) in [5.41, 5.74) is 10.3. The third kappa shape index (κ3) is 7.20. The lowest BCUT2D eigenvalue weighted by Gasteiger charge is -2.71. The Kier molecular flexibility index (Phi) is 11.8. The molecule has 0 radical (unpaired) electrons. The van der Waals surface area contributed by atoms with Gasteiger partial charge < -0.3 is 25.1 Å². The molecule has 1 aromatic carbocycles. The molecule has 3 N–H and O–H groups in total. The molecule has 1 unspecified atom stereocenters. The molecule has 1 aromatic rings. The van der Waals surface area contributed by atoms with E-state index in [2.05, 4.69) is 103 Å². The molecule has 394 valence electrons. The van der Waals surface area contributed by atoms with E-state index in [1.807, 2.05) is 19.9 Å². The molecule has 6 heteroatoms. The van der Waals surface area contributed by atoms with Crippen molar-refractivity contribution >= 4 is 11.9 Å². The summed E-state index contributed by atoms with van der Waals surface area (Å²) < 4.78 is 0. The highest BCUT2D eigenvalue weighted by Gasteiger charge is 2.69. The minimum atomic E-state index is -0.221. The maximum absolute atomic E-state index is 12.7. The number of likely N-dealkylation sites (tertiary alicyclic amines) is 2. The molecular weight excluding hydrogens is 885 g/mol. The Labute approximate surface area is 436 Å². The maximum Gasteiger partial charge on any atom is 0.220 e. The SMILES string of the molecule is CC1=C(O)C(=O)C=C2C1=CC=C1[C@@]2(C)CC[C@@]2(C)[C@@H]3C[C@](C)(CN4CCCC4)CC[C@]3(C)CC[C@]12C.Cc1c(O)c(O)cc2c1C=CC1[C@@]2(C)CC[C@@]2(C)[C@@H]3C[C@](C)(CN4CCCC4)CC[C@]3(C)CC[C@]12C. The van der Waals surface area contributed by atoms with Gasteiger partial charge in [-0.25, -0.2) is 0 Å². The Morgan fingerprint density at radius 2 is 1.14 bits per heavy atom. The molecule has 11 aliphatic rings. The van der Waals surface area contributed by atoms with Gasteiger partial charge in [0.25, 0.3) is 0 Å². The van der Waals surface area contributed by atoms with Crippen LogP contribution in [0.15, 0.2) is 58.4 Å². The van der Waals surface area contributed by atoms with Crippen molar-refractivity contribution in [3.8, 4) is 11.5 Å². The second-order valence-electron chi connectivity index (χ2n) is 30.0. The number of aliphatic hydroxyl groups is 1. The summed E-state index contributed by atoms with van der Waals surface area (Å²) >= 11 is 0. The van der Waals surface area contributed by atoms with Crippen LogP contribution in [0.4, 0.5) is 0 Å². The van der Waals surface area contributed by atoms with Crippen molar-refractivity contribution in [2.75, 3.05) is 39.3 Å². The van der Waals surface area contributed by atoms with Gasteiger partial charge in [-0.1, -0.05) is 99.1 Å². The smallest absolute Gasteiger partial charge is 0.220 e. The molecule has 12 rings (SSSR count). The van der Waals surface area contributed by atoms with Crippen LogP contribution in [0.25, 0.3) is 6.08 Å². The molecule has 0 bridgehead atoms. The van der Waals surface area contributed by atoms with Crippen molar-refractivity contribution in [2.24, 2.45) is 66.5 Å². The summed E-state index contributed by atoms with van der Waals surface area (Å²) in [4.78, 5) is 18.2. The first-order valence-electron chi connectivity index (χ1n) is 29.5. The van der Waals surface area contributed by atoms with Crippen LogP contribution in [-0.2, 0) is 10.2 Å². The van der Waals surface area contributed by atoms with Crippen LogP contribution in [0.5, 0.6) is 11.5 Å². The summed E-state index contributed by atoms with van der Waals surface area (Å²) in [5, 5.41) is 31.4. The van der Waals surface area contributed by atoms with E-state index in [0.717, 1.165) is 52.5 Å². The Morgan fingerprint density at radius 3 is 1.74 bits per heavy atom. The van der Waals surface area contributed by atoms with E-state index in [1.54, 1.807) is 11.6 Å².